The minimum absolute atomic E-state index is 0.686. The maximum Gasteiger partial charge on any atom is 0.000387 e. The van der Waals surface area contributed by atoms with Gasteiger partial charge < -0.3 is 4.90 Å². The molecular formula is C19H39N. The molecule has 0 fully saturated rings. The summed E-state index contributed by atoms with van der Waals surface area (Å²) in [6, 6.07) is 0. The van der Waals surface area contributed by atoms with E-state index in [-0.39, 0.29) is 0 Å². The lowest BCUT2D eigenvalue weighted by molar-refractivity contribution is 0.250. The summed E-state index contributed by atoms with van der Waals surface area (Å²) >= 11 is 0. The van der Waals surface area contributed by atoms with Crippen molar-refractivity contribution >= 4 is 0 Å². The number of nitrogens with zero attached hydrogens (tertiary/aromatic N) is 1. The maximum absolute atomic E-state index is 3.88. The molecule has 0 saturated heterocycles. The summed E-state index contributed by atoms with van der Waals surface area (Å²) in [5.41, 5.74) is 0. The van der Waals surface area contributed by atoms with Gasteiger partial charge in [-0.1, -0.05) is 65.9 Å². The van der Waals surface area contributed by atoms with Crippen molar-refractivity contribution in [1.29, 1.82) is 0 Å². The molecule has 0 heterocycles. The van der Waals surface area contributed by atoms with Gasteiger partial charge in [0.1, 0.15) is 0 Å². The fourth-order valence-electron chi connectivity index (χ4n) is 2.84. The van der Waals surface area contributed by atoms with Crippen LogP contribution in [0, 0.1) is 17.8 Å². The van der Waals surface area contributed by atoms with E-state index < -0.39 is 0 Å². The van der Waals surface area contributed by atoms with Crippen LogP contribution in [0.3, 0.4) is 0 Å². The normalized spacial score (nSPS) is 16.1. The Morgan fingerprint density at radius 3 is 2.30 bits per heavy atom. The predicted molar refractivity (Wildman–Crippen MR) is 93.2 cm³/mol. The van der Waals surface area contributed by atoms with Crippen LogP contribution >= 0.6 is 0 Å². The second kappa shape index (κ2) is 12.4. The van der Waals surface area contributed by atoms with Crippen LogP contribution in [0.25, 0.3) is 0 Å². The first-order valence-corrected chi connectivity index (χ1v) is 8.84. The summed E-state index contributed by atoms with van der Waals surface area (Å²) in [4.78, 5) is 2.53. The summed E-state index contributed by atoms with van der Waals surface area (Å²) in [6.45, 7) is 15.7. The van der Waals surface area contributed by atoms with Crippen LogP contribution in [0.2, 0.25) is 0 Å². The minimum Gasteiger partial charge on any atom is -0.306 e. The standard InChI is InChI=1S/C19H39N/c1-7-11-19(13-10-12-17(4)8-2)14-15-20(6)16-18(5)9-3/h8,17-19H,2,7,9-16H2,1,3-6H3/t17?,18-,19?/m0/s1. The largest absolute Gasteiger partial charge is 0.306 e. The Hall–Kier alpha value is -0.300. The molecule has 2 unspecified atom stereocenters. The third kappa shape index (κ3) is 10.5. The molecule has 0 aromatic heterocycles. The molecular weight excluding hydrogens is 242 g/mol. The van der Waals surface area contributed by atoms with Crippen molar-refractivity contribution in [3.05, 3.63) is 12.7 Å². The van der Waals surface area contributed by atoms with Crippen LogP contribution in [-0.2, 0) is 0 Å². The van der Waals surface area contributed by atoms with E-state index in [1.165, 1.54) is 58.0 Å². The first kappa shape index (κ1) is 19.7. The number of allylic oxidation sites excluding steroid dienone is 1. The van der Waals surface area contributed by atoms with Crippen molar-refractivity contribution < 1.29 is 0 Å². The lowest BCUT2D eigenvalue weighted by Gasteiger charge is -2.24. The molecule has 0 aromatic carbocycles. The average Bonchev–Trinajstić information content (AvgIpc) is 2.44. The highest BCUT2D eigenvalue weighted by atomic mass is 15.1. The van der Waals surface area contributed by atoms with Gasteiger partial charge in [0.25, 0.3) is 0 Å². The molecule has 1 nitrogen and oxygen atoms in total. The van der Waals surface area contributed by atoms with Gasteiger partial charge in [-0.3, -0.25) is 0 Å². The van der Waals surface area contributed by atoms with Crippen LogP contribution in [-0.4, -0.2) is 25.0 Å². The van der Waals surface area contributed by atoms with Gasteiger partial charge >= 0.3 is 0 Å². The molecule has 0 spiro atoms. The molecule has 0 aliphatic rings. The van der Waals surface area contributed by atoms with E-state index in [2.05, 4.69) is 52.3 Å². The molecule has 20 heavy (non-hydrogen) atoms. The van der Waals surface area contributed by atoms with E-state index in [0.717, 1.165) is 11.8 Å². The first-order chi connectivity index (χ1) is 9.53. The predicted octanol–water partition coefficient (Wildman–Crippen LogP) is 5.76. The van der Waals surface area contributed by atoms with Gasteiger partial charge in [0, 0.05) is 6.54 Å². The molecule has 0 saturated carbocycles. The molecule has 0 aliphatic carbocycles. The summed E-state index contributed by atoms with van der Waals surface area (Å²) < 4.78 is 0. The minimum atomic E-state index is 0.686. The molecule has 0 radical (unpaired) electrons. The van der Waals surface area contributed by atoms with Crippen LogP contribution in [0.1, 0.15) is 72.6 Å². The van der Waals surface area contributed by atoms with Crippen LogP contribution in [0.5, 0.6) is 0 Å². The fourth-order valence-corrected chi connectivity index (χ4v) is 2.84. The van der Waals surface area contributed by atoms with Crippen LogP contribution < -0.4 is 0 Å². The maximum atomic E-state index is 3.88. The van der Waals surface area contributed by atoms with E-state index in [0.29, 0.717) is 5.92 Å². The molecule has 0 aliphatic heterocycles. The van der Waals surface area contributed by atoms with E-state index >= 15 is 0 Å². The Morgan fingerprint density at radius 2 is 1.75 bits per heavy atom. The molecule has 3 atom stereocenters. The first-order valence-electron chi connectivity index (χ1n) is 8.84. The highest BCUT2D eigenvalue weighted by molar-refractivity contribution is 4.75. The van der Waals surface area contributed by atoms with Crippen molar-refractivity contribution in [2.24, 2.45) is 17.8 Å². The Kier molecular flexibility index (Phi) is 12.3. The van der Waals surface area contributed by atoms with Crippen molar-refractivity contribution in [1.82, 2.24) is 4.90 Å². The molecule has 1 heteroatoms. The molecule has 0 amide bonds. The van der Waals surface area contributed by atoms with E-state index in [1.54, 1.807) is 0 Å². The van der Waals surface area contributed by atoms with Gasteiger partial charge in [0.2, 0.25) is 0 Å². The summed E-state index contributed by atoms with van der Waals surface area (Å²) in [5, 5.41) is 0. The second-order valence-electron chi connectivity index (χ2n) is 6.86. The highest BCUT2D eigenvalue weighted by Crippen LogP contribution is 2.21. The lowest BCUT2D eigenvalue weighted by atomic mass is 9.91. The third-order valence-electron chi connectivity index (χ3n) is 4.61. The zero-order chi connectivity index (χ0) is 15.4. The Morgan fingerprint density at radius 1 is 1.05 bits per heavy atom. The lowest BCUT2D eigenvalue weighted by Crippen LogP contribution is -2.26. The molecule has 0 aromatic rings. The molecule has 0 N–H and O–H groups in total. The van der Waals surface area contributed by atoms with Gasteiger partial charge in [-0.15, -0.1) is 6.58 Å². The van der Waals surface area contributed by atoms with Crippen molar-refractivity contribution in [3.8, 4) is 0 Å². The molecule has 0 rings (SSSR count). The van der Waals surface area contributed by atoms with Crippen molar-refractivity contribution in [2.45, 2.75) is 72.6 Å². The second-order valence-corrected chi connectivity index (χ2v) is 6.86. The van der Waals surface area contributed by atoms with Gasteiger partial charge in [0.05, 0.1) is 0 Å². The quantitative estimate of drug-likeness (QED) is 0.388. The monoisotopic (exact) mass is 281 g/mol. The topological polar surface area (TPSA) is 3.24 Å². The Labute approximate surface area is 128 Å². The number of hydrogen-bond donors (Lipinski definition) is 0. The smallest absolute Gasteiger partial charge is 0.000387 e. The Bertz CT molecular complexity index is 224. The van der Waals surface area contributed by atoms with E-state index in [1.807, 2.05) is 0 Å². The number of hydrogen-bond acceptors (Lipinski definition) is 1. The number of rotatable bonds is 13. The zero-order valence-electron chi connectivity index (χ0n) is 14.8. The SMILES string of the molecule is C=CC(C)CCCC(CCC)CCN(C)C[C@@H](C)CC. The van der Waals surface area contributed by atoms with E-state index in [4.69, 9.17) is 0 Å². The van der Waals surface area contributed by atoms with Crippen LogP contribution in [0.15, 0.2) is 12.7 Å². The Balaban J connectivity index is 3.91. The van der Waals surface area contributed by atoms with Crippen molar-refractivity contribution in [3.63, 3.8) is 0 Å². The fraction of sp³-hybridized carbons (Fsp3) is 0.895. The third-order valence-corrected chi connectivity index (χ3v) is 4.61. The summed E-state index contributed by atoms with van der Waals surface area (Å²) in [7, 11) is 2.29. The average molecular weight is 282 g/mol. The van der Waals surface area contributed by atoms with Crippen LogP contribution in [0.4, 0.5) is 0 Å². The van der Waals surface area contributed by atoms with E-state index in [9.17, 15) is 0 Å². The summed E-state index contributed by atoms with van der Waals surface area (Å²) in [6.07, 6.45) is 11.6. The van der Waals surface area contributed by atoms with Gasteiger partial charge in [0.15, 0.2) is 0 Å². The van der Waals surface area contributed by atoms with Gasteiger partial charge in [-0.2, -0.15) is 0 Å². The van der Waals surface area contributed by atoms with Gasteiger partial charge in [-0.25, -0.2) is 0 Å². The summed E-state index contributed by atoms with van der Waals surface area (Å²) in [5.74, 6) is 2.44. The highest BCUT2D eigenvalue weighted by Gasteiger charge is 2.11. The molecule has 120 valence electrons. The molecule has 0 bridgehead atoms. The van der Waals surface area contributed by atoms with Crippen molar-refractivity contribution in [2.75, 3.05) is 20.1 Å². The van der Waals surface area contributed by atoms with Gasteiger partial charge in [-0.05, 0) is 44.2 Å². The zero-order valence-corrected chi connectivity index (χ0v) is 14.8.